The molecule has 20 heavy (non-hydrogen) atoms. The molecule has 0 N–H and O–H groups in total. The molecular weight excluding hydrogens is 282 g/mol. The largest absolute Gasteiger partial charge is 0.467 e. The molecule has 6 nitrogen and oxygen atoms in total. The van der Waals surface area contributed by atoms with E-state index in [0.29, 0.717) is 19.7 Å². The van der Waals surface area contributed by atoms with Crippen LogP contribution in [0.3, 0.4) is 0 Å². The highest BCUT2D eigenvalue weighted by Crippen LogP contribution is 2.20. The second kappa shape index (κ2) is 5.80. The highest BCUT2D eigenvalue weighted by Gasteiger charge is 2.27. The van der Waals surface area contributed by atoms with Gasteiger partial charge in [0.05, 0.1) is 25.2 Å². The molecule has 1 aromatic rings. The van der Waals surface area contributed by atoms with Gasteiger partial charge in [0, 0.05) is 18.5 Å². The molecule has 1 atom stereocenters. The molecule has 1 aliphatic heterocycles. The van der Waals surface area contributed by atoms with E-state index in [1.807, 2.05) is 4.90 Å². The van der Waals surface area contributed by atoms with Gasteiger partial charge in [-0.05, 0) is 24.3 Å². The molecule has 7 heteroatoms. The second-order valence-corrected chi connectivity index (χ2v) is 6.61. The molecule has 1 heterocycles. The number of hydrogen-bond acceptors (Lipinski definition) is 6. The average molecular weight is 299 g/mol. The van der Waals surface area contributed by atoms with Gasteiger partial charge in [-0.15, -0.1) is 0 Å². The lowest BCUT2D eigenvalue weighted by Gasteiger charge is -2.33. The molecule has 1 aromatic carbocycles. The first-order valence-corrected chi connectivity index (χ1v) is 8.05. The zero-order chi connectivity index (χ0) is 14.8. The van der Waals surface area contributed by atoms with Gasteiger partial charge in [-0.25, -0.2) is 13.2 Å². The number of sulfone groups is 1. The van der Waals surface area contributed by atoms with Crippen LogP contribution in [0.5, 0.6) is 0 Å². The van der Waals surface area contributed by atoms with Crippen LogP contribution in [0.2, 0.25) is 0 Å². The topological polar surface area (TPSA) is 72.9 Å². The van der Waals surface area contributed by atoms with Crippen molar-refractivity contribution in [2.45, 2.75) is 11.0 Å². The van der Waals surface area contributed by atoms with Crippen LogP contribution in [0, 0.1) is 0 Å². The van der Waals surface area contributed by atoms with E-state index >= 15 is 0 Å². The zero-order valence-corrected chi connectivity index (χ0v) is 12.2. The molecule has 0 amide bonds. The molecule has 1 saturated heterocycles. The Morgan fingerprint density at radius 2 is 2.00 bits per heavy atom. The fraction of sp³-hybridized carbons (Fsp3) is 0.462. The molecule has 0 saturated carbocycles. The zero-order valence-electron chi connectivity index (χ0n) is 11.4. The maximum Gasteiger partial charge on any atom is 0.336 e. The molecule has 0 aromatic heterocycles. The molecule has 0 bridgehead atoms. The minimum atomic E-state index is -3.20. The van der Waals surface area contributed by atoms with E-state index in [0.717, 1.165) is 5.69 Å². The molecular formula is C13H17NO5S. The van der Waals surface area contributed by atoms with E-state index in [1.165, 1.54) is 13.4 Å². The van der Waals surface area contributed by atoms with Gasteiger partial charge in [-0.2, -0.15) is 0 Å². The quantitative estimate of drug-likeness (QED) is 0.755. The van der Waals surface area contributed by atoms with E-state index in [1.54, 1.807) is 24.3 Å². The molecule has 0 spiro atoms. The van der Waals surface area contributed by atoms with Crippen LogP contribution >= 0.6 is 0 Å². The van der Waals surface area contributed by atoms with Crippen molar-refractivity contribution in [1.29, 1.82) is 0 Å². The number of ether oxygens (including phenoxy) is 2. The standard InChI is InChI=1S/C13H17NO5S/c1-18-13(15)12-9-14(7-8-19-12)10-3-5-11(6-4-10)20(2,16)17/h3-6,12H,7-9H2,1-2H3. The highest BCUT2D eigenvalue weighted by atomic mass is 32.2. The Bertz CT molecular complexity index is 581. The normalized spacial score (nSPS) is 19.7. The number of hydrogen-bond donors (Lipinski definition) is 0. The predicted molar refractivity (Wildman–Crippen MR) is 73.5 cm³/mol. The number of rotatable bonds is 3. The van der Waals surface area contributed by atoms with Crippen molar-refractivity contribution >= 4 is 21.5 Å². The summed E-state index contributed by atoms with van der Waals surface area (Å²) in [6.45, 7) is 1.46. The van der Waals surface area contributed by atoms with Crippen molar-refractivity contribution in [3.8, 4) is 0 Å². The van der Waals surface area contributed by atoms with E-state index in [2.05, 4.69) is 4.74 Å². The van der Waals surface area contributed by atoms with Gasteiger partial charge >= 0.3 is 5.97 Å². The number of morpholine rings is 1. The summed E-state index contributed by atoms with van der Waals surface area (Å²) in [7, 11) is -1.87. The Labute approximate surface area is 118 Å². The lowest BCUT2D eigenvalue weighted by molar-refractivity contribution is -0.154. The van der Waals surface area contributed by atoms with Crippen molar-refractivity contribution in [2.24, 2.45) is 0 Å². The smallest absolute Gasteiger partial charge is 0.336 e. The number of carbonyl (C=O) groups excluding carboxylic acids is 1. The molecule has 0 radical (unpaired) electrons. The molecule has 110 valence electrons. The minimum absolute atomic E-state index is 0.277. The average Bonchev–Trinajstić information content (AvgIpc) is 2.46. The van der Waals surface area contributed by atoms with E-state index in [9.17, 15) is 13.2 Å². The van der Waals surface area contributed by atoms with E-state index in [-0.39, 0.29) is 4.90 Å². The predicted octanol–water partition coefficient (Wildman–Crippen LogP) is 0.468. The van der Waals surface area contributed by atoms with Crippen LogP contribution < -0.4 is 4.90 Å². The SMILES string of the molecule is COC(=O)C1CN(c2ccc(S(C)(=O)=O)cc2)CCO1. The van der Waals surface area contributed by atoms with Gasteiger partial charge in [0.1, 0.15) is 0 Å². The van der Waals surface area contributed by atoms with Crippen LogP contribution in [0.15, 0.2) is 29.2 Å². The maximum absolute atomic E-state index is 11.5. The van der Waals surface area contributed by atoms with Gasteiger partial charge in [-0.3, -0.25) is 0 Å². The number of nitrogens with zero attached hydrogens (tertiary/aromatic N) is 1. The van der Waals surface area contributed by atoms with E-state index < -0.39 is 21.9 Å². The number of benzene rings is 1. The van der Waals surface area contributed by atoms with Crippen LogP contribution in [0.4, 0.5) is 5.69 Å². The summed E-state index contributed by atoms with van der Waals surface area (Å²) in [6, 6.07) is 6.59. The highest BCUT2D eigenvalue weighted by molar-refractivity contribution is 7.90. The monoisotopic (exact) mass is 299 g/mol. The van der Waals surface area contributed by atoms with Crippen LogP contribution in [-0.4, -0.2) is 53.6 Å². The molecule has 1 fully saturated rings. The van der Waals surface area contributed by atoms with Crippen molar-refractivity contribution < 1.29 is 22.7 Å². The van der Waals surface area contributed by atoms with Gasteiger partial charge in [0.15, 0.2) is 15.9 Å². The Morgan fingerprint density at radius 3 is 2.55 bits per heavy atom. The Kier molecular flexibility index (Phi) is 4.29. The maximum atomic E-state index is 11.5. The van der Waals surface area contributed by atoms with Crippen molar-refractivity contribution in [3.05, 3.63) is 24.3 Å². The van der Waals surface area contributed by atoms with Crippen molar-refractivity contribution in [1.82, 2.24) is 0 Å². The summed E-state index contributed by atoms with van der Waals surface area (Å²) >= 11 is 0. The Balaban J connectivity index is 2.13. The first kappa shape index (κ1) is 14.8. The summed E-state index contributed by atoms with van der Waals surface area (Å²) in [4.78, 5) is 13.7. The van der Waals surface area contributed by atoms with Gasteiger partial charge in [-0.1, -0.05) is 0 Å². The lowest BCUT2D eigenvalue weighted by atomic mass is 10.2. The number of esters is 1. The molecule has 0 aliphatic carbocycles. The van der Waals surface area contributed by atoms with Crippen LogP contribution in [-0.2, 0) is 24.1 Å². The van der Waals surface area contributed by atoms with Crippen LogP contribution in [0.25, 0.3) is 0 Å². The summed E-state index contributed by atoms with van der Waals surface area (Å²) < 4.78 is 32.8. The molecule has 1 aliphatic rings. The fourth-order valence-corrected chi connectivity index (χ4v) is 2.69. The van der Waals surface area contributed by atoms with Crippen molar-refractivity contribution in [2.75, 3.05) is 38.0 Å². The first-order valence-electron chi connectivity index (χ1n) is 6.16. The van der Waals surface area contributed by atoms with Gasteiger partial charge in [0.25, 0.3) is 0 Å². The summed E-state index contributed by atoms with van der Waals surface area (Å²) in [5.41, 5.74) is 0.856. The first-order chi connectivity index (χ1) is 9.41. The summed E-state index contributed by atoms with van der Waals surface area (Å²) in [5, 5.41) is 0. The number of methoxy groups -OCH3 is 1. The number of anilines is 1. The third-order valence-electron chi connectivity index (χ3n) is 3.16. The fourth-order valence-electron chi connectivity index (χ4n) is 2.06. The number of carbonyl (C=O) groups is 1. The Hall–Kier alpha value is -1.60. The minimum Gasteiger partial charge on any atom is -0.467 e. The third-order valence-corrected chi connectivity index (χ3v) is 4.29. The lowest BCUT2D eigenvalue weighted by Crippen LogP contribution is -2.46. The van der Waals surface area contributed by atoms with E-state index in [4.69, 9.17) is 4.74 Å². The third kappa shape index (κ3) is 3.29. The molecule has 1 unspecified atom stereocenters. The van der Waals surface area contributed by atoms with Crippen LogP contribution in [0.1, 0.15) is 0 Å². The molecule has 2 rings (SSSR count). The van der Waals surface area contributed by atoms with Gasteiger partial charge < -0.3 is 14.4 Å². The summed E-state index contributed by atoms with van der Waals surface area (Å²) in [5.74, 6) is -0.401. The second-order valence-electron chi connectivity index (χ2n) is 4.59. The Morgan fingerprint density at radius 1 is 1.35 bits per heavy atom. The van der Waals surface area contributed by atoms with Gasteiger partial charge in [0.2, 0.25) is 0 Å². The summed E-state index contributed by atoms with van der Waals surface area (Å²) in [6.07, 6.45) is 0.563. The van der Waals surface area contributed by atoms with Crippen molar-refractivity contribution in [3.63, 3.8) is 0 Å².